The summed E-state index contributed by atoms with van der Waals surface area (Å²) < 4.78 is 23.3. The Balaban J connectivity index is 1.51. The Morgan fingerprint density at radius 1 is 1.16 bits per heavy atom. The molecule has 0 bridgehead atoms. The minimum atomic E-state index is -3.30. The third kappa shape index (κ3) is 5.05. The first kappa shape index (κ1) is 18.4. The van der Waals surface area contributed by atoms with Crippen molar-refractivity contribution in [2.45, 2.75) is 49.5 Å². The van der Waals surface area contributed by atoms with Gasteiger partial charge in [0.1, 0.15) is 0 Å². The maximum absolute atomic E-state index is 12.4. The van der Waals surface area contributed by atoms with E-state index in [1.165, 1.54) is 44.4 Å². The van der Waals surface area contributed by atoms with Crippen LogP contribution in [0.4, 0.5) is 0 Å². The third-order valence-corrected chi connectivity index (χ3v) is 6.55. The second-order valence-corrected chi connectivity index (χ2v) is 9.51. The summed E-state index contributed by atoms with van der Waals surface area (Å²) in [5.41, 5.74) is 0.413. The molecule has 0 atom stereocenters. The fraction of sp³-hybridized carbons (Fsp3) is 0.632. The van der Waals surface area contributed by atoms with Gasteiger partial charge in [-0.05, 0) is 49.8 Å². The van der Waals surface area contributed by atoms with Crippen molar-refractivity contribution in [3.05, 3.63) is 29.8 Å². The highest BCUT2D eigenvalue weighted by Gasteiger charge is 2.24. The zero-order valence-electron chi connectivity index (χ0n) is 14.9. The number of carbonyl (C=O) groups excluding carboxylic acids is 1. The van der Waals surface area contributed by atoms with Gasteiger partial charge in [0, 0.05) is 37.5 Å². The van der Waals surface area contributed by atoms with Gasteiger partial charge in [0.05, 0.1) is 4.90 Å². The van der Waals surface area contributed by atoms with E-state index in [2.05, 4.69) is 10.2 Å². The molecule has 1 aromatic carbocycles. The number of rotatable bonds is 5. The Bertz CT molecular complexity index is 703. The molecule has 0 radical (unpaired) electrons. The van der Waals surface area contributed by atoms with Crippen molar-refractivity contribution >= 4 is 15.7 Å². The molecule has 0 spiro atoms. The Morgan fingerprint density at radius 3 is 2.48 bits per heavy atom. The zero-order valence-corrected chi connectivity index (χ0v) is 15.7. The lowest BCUT2D eigenvalue weighted by molar-refractivity contribution is 0.0905. The van der Waals surface area contributed by atoms with E-state index in [4.69, 9.17) is 0 Å². The predicted octanol–water partition coefficient (Wildman–Crippen LogP) is 2.47. The summed E-state index contributed by atoms with van der Waals surface area (Å²) in [6.45, 7) is 3.27. The molecule has 1 aromatic rings. The van der Waals surface area contributed by atoms with Crippen LogP contribution in [0.25, 0.3) is 0 Å². The Labute approximate surface area is 150 Å². The molecule has 1 amide bonds. The summed E-state index contributed by atoms with van der Waals surface area (Å²) in [7, 11) is -3.30. The van der Waals surface area contributed by atoms with Crippen LogP contribution in [0.15, 0.2) is 29.2 Å². The minimum absolute atomic E-state index is 0.175. The smallest absolute Gasteiger partial charge is 0.251 e. The summed E-state index contributed by atoms with van der Waals surface area (Å²) in [6, 6.07) is 6.44. The molecular weight excluding hydrogens is 336 g/mol. The van der Waals surface area contributed by atoms with E-state index >= 15 is 0 Å². The van der Waals surface area contributed by atoms with Gasteiger partial charge in [-0.25, -0.2) is 8.42 Å². The van der Waals surface area contributed by atoms with Crippen molar-refractivity contribution < 1.29 is 13.2 Å². The van der Waals surface area contributed by atoms with Gasteiger partial charge in [0.15, 0.2) is 9.84 Å². The van der Waals surface area contributed by atoms with Gasteiger partial charge >= 0.3 is 0 Å². The highest BCUT2D eigenvalue weighted by Crippen LogP contribution is 2.26. The van der Waals surface area contributed by atoms with Crippen molar-refractivity contribution in [1.29, 1.82) is 0 Å². The molecule has 1 N–H and O–H groups in total. The van der Waals surface area contributed by atoms with Crippen LogP contribution in [-0.4, -0.2) is 51.2 Å². The van der Waals surface area contributed by atoms with Crippen LogP contribution in [0.3, 0.4) is 0 Å². The van der Waals surface area contributed by atoms with Gasteiger partial charge in [0.25, 0.3) is 5.91 Å². The van der Waals surface area contributed by atoms with E-state index in [1.54, 1.807) is 12.1 Å². The summed E-state index contributed by atoms with van der Waals surface area (Å²) in [4.78, 5) is 15.2. The summed E-state index contributed by atoms with van der Waals surface area (Å²) >= 11 is 0. The first-order valence-electron chi connectivity index (χ1n) is 9.25. The average molecular weight is 365 g/mol. The predicted molar refractivity (Wildman–Crippen MR) is 98.4 cm³/mol. The number of nitrogens with zero attached hydrogens (tertiary/aromatic N) is 1. The Kier molecular flexibility index (Phi) is 5.79. The summed E-state index contributed by atoms with van der Waals surface area (Å²) in [5, 5.41) is 3.07. The molecule has 1 aliphatic carbocycles. The van der Waals surface area contributed by atoms with Gasteiger partial charge < -0.3 is 10.2 Å². The fourth-order valence-electron chi connectivity index (χ4n) is 3.95. The van der Waals surface area contributed by atoms with Crippen molar-refractivity contribution in [2.24, 2.45) is 5.92 Å². The largest absolute Gasteiger partial charge is 0.349 e. The van der Waals surface area contributed by atoms with Gasteiger partial charge in [-0.1, -0.05) is 18.9 Å². The van der Waals surface area contributed by atoms with Gasteiger partial charge in [-0.3, -0.25) is 4.79 Å². The van der Waals surface area contributed by atoms with Crippen molar-refractivity contribution in [3.8, 4) is 0 Å². The van der Waals surface area contributed by atoms with E-state index in [0.717, 1.165) is 38.1 Å². The molecule has 2 aliphatic rings. The maximum atomic E-state index is 12.4. The fourth-order valence-corrected chi connectivity index (χ4v) is 4.62. The second-order valence-electron chi connectivity index (χ2n) is 7.50. The number of piperidine rings is 1. The van der Waals surface area contributed by atoms with E-state index in [-0.39, 0.29) is 16.8 Å². The van der Waals surface area contributed by atoms with Crippen molar-refractivity contribution in [2.75, 3.05) is 25.9 Å². The van der Waals surface area contributed by atoms with Crippen LogP contribution in [-0.2, 0) is 9.84 Å². The first-order valence-corrected chi connectivity index (χ1v) is 11.1. The number of benzene rings is 1. The molecule has 25 heavy (non-hydrogen) atoms. The van der Waals surface area contributed by atoms with E-state index in [0.29, 0.717) is 5.56 Å². The van der Waals surface area contributed by atoms with Gasteiger partial charge in [-0.15, -0.1) is 0 Å². The molecule has 5 nitrogen and oxygen atoms in total. The Morgan fingerprint density at radius 2 is 1.84 bits per heavy atom. The number of carbonyl (C=O) groups is 1. The first-order chi connectivity index (χ1) is 11.9. The topological polar surface area (TPSA) is 66.5 Å². The number of hydrogen-bond donors (Lipinski definition) is 1. The minimum Gasteiger partial charge on any atom is -0.349 e. The van der Waals surface area contributed by atoms with Gasteiger partial charge in [-0.2, -0.15) is 0 Å². The standard InChI is InChI=1S/C19H28N2O3S/c1-25(23,24)18-8-4-7-16(13-18)19(22)20-17-9-11-21(12-10-17)14-15-5-2-3-6-15/h4,7-8,13,15,17H,2-3,5-6,9-12,14H2,1H3,(H,20,22). The number of sulfone groups is 1. The molecule has 1 heterocycles. The van der Waals surface area contributed by atoms with Crippen LogP contribution in [0.2, 0.25) is 0 Å². The van der Waals surface area contributed by atoms with Crippen LogP contribution < -0.4 is 5.32 Å². The lowest BCUT2D eigenvalue weighted by Crippen LogP contribution is -2.45. The average Bonchev–Trinajstić information content (AvgIpc) is 3.09. The molecule has 1 aliphatic heterocycles. The zero-order chi connectivity index (χ0) is 17.9. The Hall–Kier alpha value is -1.40. The van der Waals surface area contributed by atoms with Gasteiger partial charge in [0.2, 0.25) is 0 Å². The number of amides is 1. The van der Waals surface area contributed by atoms with Crippen LogP contribution in [0, 0.1) is 5.92 Å². The van der Waals surface area contributed by atoms with Crippen LogP contribution in [0.5, 0.6) is 0 Å². The molecule has 1 saturated carbocycles. The normalized spacial score (nSPS) is 20.7. The number of hydrogen-bond acceptors (Lipinski definition) is 4. The third-order valence-electron chi connectivity index (χ3n) is 5.44. The molecule has 6 heteroatoms. The number of likely N-dealkylation sites (tertiary alicyclic amines) is 1. The van der Waals surface area contributed by atoms with E-state index in [1.807, 2.05) is 0 Å². The number of nitrogens with one attached hydrogen (secondary N) is 1. The lowest BCUT2D eigenvalue weighted by atomic mass is 10.0. The van der Waals surface area contributed by atoms with Crippen molar-refractivity contribution in [3.63, 3.8) is 0 Å². The maximum Gasteiger partial charge on any atom is 0.251 e. The molecule has 0 unspecified atom stereocenters. The molecule has 0 aromatic heterocycles. The van der Waals surface area contributed by atoms with E-state index in [9.17, 15) is 13.2 Å². The second kappa shape index (κ2) is 7.87. The molecule has 1 saturated heterocycles. The molecule has 138 valence electrons. The molecular formula is C19H28N2O3S. The van der Waals surface area contributed by atoms with Crippen LogP contribution in [0.1, 0.15) is 48.9 Å². The molecule has 2 fully saturated rings. The molecule has 3 rings (SSSR count). The van der Waals surface area contributed by atoms with E-state index < -0.39 is 9.84 Å². The monoisotopic (exact) mass is 364 g/mol. The quantitative estimate of drug-likeness (QED) is 0.872. The van der Waals surface area contributed by atoms with Crippen LogP contribution >= 0.6 is 0 Å². The summed E-state index contributed by atoms with van der Waals surface area (Å²) in [5.74, 6) is 0.685. The highest BCUT2D eigenvalue weighted by molar-refractivity contribution is 7.90. The lowest BCUT2D eigenvalue weighted by Gasteiger charge is -2.33. The summed E-state index contributed by atoms with van der Waals surface area (Å²) in [6.07, 6.45) is 8.58. The highest BCUT2D eigenvalue weighted by atomic mass is 32.2. The van der Waals surface area contributed by atoms with Crippen molar-refractivity contribution in [1.82, 2.24) is 10.2 Å². The SMILES string of the molecule is CS(=O)(=O)c1cccc(C(=O)NC2CCN(CC3CCCC3)CC2)c1.